The van der Waals surface area contributed by atoms with Gasteiger partial charge in [0, 0.05) is 34.7 Å². The molecular formula is C20H19BrN4O2S. The first-order valence-electron chi connectivity index (χ1n) is 8.84. The number of nitriles is 1. The van der Waals surface area contributed by atoms with Gasteiger partial charge in [-0.2, -0.15) is 5.26 Å². The second-order valence-electron chi connectivity index (χ2n) is 6.43. The first kappa shape index (κ1) is 20.4. The topological polar surface area (TPSA) is 94.9 Å². The first-order chi connectivity index (χ1) is 13.5. The lowest BCUT2D eigenvalue weighted by Crippen LogP contribution is -2.28. The van der Waals surface area contributed by atoms with Crippen molar-refractivity contribution in [3.8, 4) is 6.07 Å². The van der Waals surface area contributed by atoms with Gasteiger partial charge in [0.25, 0.3) is 5.91 Å². The fourth-order valence-corrected chi connectivity index (χ4v) is 3.53. The molecule has 2 aromatic rings. The molecule has 6 nitrogen and oxygen atoms in total. The monoisotopic (exact) mass is 458 g/mol. The maximum absolute atomic E-state index is 12.6. The molecule has 0 saturated heterocycles. The standard InChI is InChI=1S/C20H19BrN4O2S/c1-28-20-16(11-22)15(10-17(25-20)12-2-3-12)19(27)23-9-8-18(26)24-14-6-4-13(21)5-7-14/h4-7,10,12H,2-3,8-9H2,1H3,(H,23,27)(H,24,26). The summed E-state index contributed by atoms with van der Waals surface area (Å²) in [6.45, 7) is 0.182. The molecule has 0 unspecified atom stereocenters. The molecule has 0 radical (unpaired) electrons. The Balaban J connectivity index is 1.61. The Bertz CT molecular complexity index is 936. The van der Waals surface area contributed by atoms with Gasteiger partial charge in [0.1, 0.15) is 11.1 Å². The van der Waals surface area contributed by atoms with Gasteiger partial charge in [0.2, 0.25) is 5.91 Å². The average Bonchev–Trinajstić information content (AvgIpc) is 3.53. The molecule has 2 N–H and O–H groups in total. The maximum atomic E-state index is 12.6. The van der Waals surface area contributed by atoms with Gasteiger partial charge in [-0.25, -0.2) is 4.98 Å². The molecule has 28 heavy (non-hydrogen) atoms. The fraction of sp³-hybridized carbons (Fsp3) is 0.300. The fourth-order valence-electron chi connectivity index (χ4n) is 2.71. The summed E-state index contributed by atoms with van der Waals surface area (Å²) >= 11 is 4.70. The number of hydrogen-bond acceptors (Lipinski definition) is 5. The van der Waals surface area contributed by atoms with Crippen molar-refractivity contribution in [3.05, 3.63) is 51.6 Å². The summed E-state index contributed by atoms with van der Waals surface area (Å²) in [7, 11) is 0. The third-order valence-electron chi connectivity index (χ3n) is 4.32. The molecule has 1 heterocycles. The minimum absolute atomic E-state index is 0.139. The zero-order chi connectivity index (χ0) is 20.1. The zero-order valence-corrected chi connectivity index (χ0v) is 17.7. The van der Waals surface area contributed by atoms with E-state index in [1.54, 1.807) is 18.2 Å². The maximum Gasteiger partial charge on any atom is 0.252 e. The highest BCUT2D eigenvalue weighted by Crippen LogP contribution is 2.40. The molecule has 1 aliphatic rings. The normalized spacial score (nSPS) is 12.9. The number of benzene rings is 1. The van der Waals surface area contributed by atoms with Crippen LogP contribution in [0, 0.1) is 11.3 Å². The Morgan fingerprint density at radius 3 is 2.64 bits per heavy atom. The van der Waals surface area contributed by atoms with Crippen molar-refractivity contribution in [2.45, 2.75) is 30.2 Å². The molecule has 3 rings (SSSR count). The molecule has 0 aliphatic heterocycles. The van der Waals surface area contributed by atoms with Crippen LogP contribution in [0.4, 0.5) is 5.69 Å². The number of nitrogens with one attached hydrogen (secondary N) is 2. The lowest BCUT2D eigenvalue weighted by Gasteiger charge is -2.11. The van der Waals surface area contributed by atoms with Crippen LogP contribution in [-0.2, 0) is 4.79 Å². The van der Waals surface area contributed by atoms with Crippen molar-refractivity contribution in [2.24, 2.45) is 0 Å². The molecule has 2 amide bonds. The lowest BCUT2D eigenvalue weighted by molar-refractivity contribution is -0.116. The van der Waals surface area contributed by atoms with E-state index in [9.17, 15) is 14.9 Å². The molecule has 0 atom stereocenters. The molecule has 1 aliphatic carbocycles. The molecule has 0 bridgehead atoms. The van der Waals surface area contributed by atoms with Crippen molar-refractivity contribution in [1.82, 2.24) is 10.3 Å². The average molecular weight is 459 g/mol. The van der Waals surface area contributed by atoms with Gasteiger partial charge in [-0.15, -0.1) is 11.8 Å². The van der Waals surface area contributed by atoms with Crippen molar-refractivity contribution in [1.29, 1.82) is 5.26 Å². The number of thioether (sulfide) groups is 1. The molecule has 1 aromatic carbocycles. The van der Waals surface area contributed by atoms with E-state index in [1.165, 1.54) is 11.8 Å². The SMILES string of the molecule is CSc1nc(C2CC2)cc(C(=O)NCCC(=O)Nc2ccc(Br)cc2)c1C#N. The summed E-state index contributed by atoms with van der Waals surface area (Å²) in [6.07, 6.45) is 4.10. The summed E-state index contributed by atoms with van der Waals surface area (Å²) in [5.41, 5.74) is 2.17. The minimum atomic E-state index is -0.354. The second kappa shape index (κ2) is 9.22. The van der Waals surface area contributed by atoms with Gasteiger partial charge in [0.15, 0.2) is 0 Å². The molecule has 144 valence electrons. The second-order valence-corrected chi connectivity index (χ2v) is 8.14. The van der Waals surface area contributed by atoms with Gasteiger partial charge in [0.05, 0.1) is 11.1 Å². The van der Waals surface area contributed by atoms with Crippen molar-refractivity contribution >= 4 is 45.2 Å². The van der Waals surface area contributed by atoms with E-state index in [0.29, 0.717) is 22.2 Å². The van der Waals surface area contributed by atoms with E-state index >= 15 is 0 Å². The van der Waals surface area contributed by atoms with Gasteiger partial charge < -0.3 is 10.6 Å². The number of anilines is 1. The van der Waals surface area contributed by atoms with Crippen LogP contribution < -0.4 is 10.6 Å². The largest absolute Gasteiger partial charge is 0.351 e. The molecular weight excluding hydrogens is 440 g/mol. The van der Waals surface area contributed by atoms with E-state index in [0.717, 1.165) is 23.0 Å². The summed E-state index contributed by atoms with van der Waals surface area (Å²) in [5.74, 6) is -0.171. The van der Waals surface area contributed by atoms with Crippen LogP contribution in [-0.4, -0.2) is 29.6 Å². The van der Waals surface area contributed by atoms with Gasteiger partial charge in [-0.05, 0) is 49.4 Å². The highest BCUT2D eigenvalue weighted by Gasteiger charge is 2.28. The zero-order valence-electron chi connectivity index (χ0n) is 15.3. The van der Waals surface area contributed by atoms with E-state index in [-0.39, 0.29) is 30.3 Å². The van der Waals surface area contributed by atoms with Crippen LogP contribution in [0.25, 0.3) is 0 Å². The summed E-state index contributed by atoms with van der Waals surface area (Å²) in [4.78, 5) is 29.2. The van der Waals surface area contributed by atoms with Crippen molar-refractivity contribution in [2.75, 3.05) is 18.1 Å². The summed E-state index contributed by atoms with van der Waals surface area (Å²) in [6, 6.07) is 11.1. The molecule has 0 spiro atoms. The van der Waals surface area contributed by atoms with E-state index < -0.39 is 0 Å². The van der Waals surface area contributed by atoms with Crippen molar-refractivity contribution in [3.63, 3.8) is 0 Å². The number of hydrogen-bond donors (Lipinski definition) is 2. The molecule has 1 saturated carbocycles. The van der Waals surface area contributed by atoms with Crippen LogP contribution in [0.2, 0.25) is 0 Å². The van der Waals surface area contributed by atoms with Crippen LogP contribution in [0.1, 0.15) is 46.8 Å². The molecule has 1 aromatic heterocycles. The van der Waals surface area contributed by atoms with Gasteiger partial charge in [-0.1, -0.05) is 15.9 Å². The third kappa shape index (κ3) is 5.12. The molecule has 8 heteroatoms. The predicted octanol–water partition coefficient (Wildman–Crippen LogP) is 4.07. The summed E-state index contributed by atoms with van der Waals surface area (Å²) < 4.78 is 0.929. The van der Waals surface area contributed by atoms with Crippen LogP contribution in [0.3, 0.4) is 0 Å². The molecule has 1 fully saturated rings. The van der Waals surface area contributed by atoms with Crippen molar-refractivity contribution < 1.29 is 9.59 Å². The smallest absolute Gasteiger partial charge is 0.252 e. The Kier molecular flexibility index (Phi) is 6.70. The minimum Gasteiger partial charge on any atom is -0.351 e. The Hall–Kier alpha value is -2.37. The lowest BCUT2D eigenvalue weighted by atomic mass is 10.1. The number of carbonyl (C=O) groups is 2. The van der Waals surface area contributed by atoms with Crippen LogP contribution in [0.5, 0.6) is 0 Å². The van der Waals surface area contributed by atoms with Gasteiger partial charge >= 0.3 is 0 Å². The Morgan fingerprint density at radius 2 is 2.04 bits per heavy atom. The first-order valence-corrected chi connectivity index (χ1v) is 10.9. The van der Waals surface area contributed by atoms with Crippen LogP contribution >= 0.6 is 27.7 Å². The number of amides is 2. The number of rotatable bonds is 7. The number of aromatic nitrogens is 1. The Labute approximate surface area is 176 Å². The number of pyridine rings is 1. The van der Waals surface area contributed by atoms with Crippen LogP contribution in [0.15, 0.2) is 39.8 Å². The van der Waals surface area contributed by atoms with Gasteiger partial charge in [-0.3, -0.25) is 9.59 Å². The highest BCUT2D eigenvalue weighted by molar-refractivity contribution is 9.10. The predicted molar refractivity (Wildman–Crippen MR) is 112 cm³/mol. The van der Waals surface area contributed by atoms with E-state index in [1.807, 2.05) is 18.4 Å². The number of carbonyl (C=O) groups excluding carboxylic acids is 2. The highest BCUT2D eigenvalue weighted by atomic mass is 79.9. The quantitative estimate of drug-likeness (QED) is 0.609. The number of nitrogens with zero attached hydrogens (tertiary/aromatic N) is 2. The Morgan fingerprint density at radius 1 is 1.32 bits per heavy atom. The van der Waals surface area contributed by atoms with E-state index in [4.69, 9.17) is 0 Å². The van der Waals surface area contributed by atoms with E-state index in [2.05, 4.69) is 37.6 Å². The third-order valence-corrected chi connectivity index (χ3v) is 5.53. The summed E-state index contributed by atoms with van der Waals surface area (Å²) in [5, 5.41) is 15.6. The number of halogens is 1.